The number of hydrogen-bond donors (Lipinski definition) is 5. The lowest BCUT2D eigenvalue weighted by atomic mass is 9.81. The molecule has 7 nitrogen and oxygen atoms in total. The Labute approximate surface area is 166 Å². The fourth-order valence-electron chi connectivity index (χ4n) is 3.53. The van der Waals surface area contributed by atoms with E-state index in [1.807, 2.05) is 12.1 Å². The van der Waals surface area contributed by atoms with E-state index in [-0.39, 0.29) is 46.0 Å². The van der Waals surface area contributed by atoms with Gasteiger partial charge in [-0.3, -0.25) is 9.59 Å². The number of nitrogen functional groups attached to an aromatic ring is 1. The molecule has 146 valence electrons. The molecule has 1 aliphatic carbocycles. The van der Waals surface area contributed by atoms with Crippen molar-refractivity contribution in [3.63, 3.8) is 0 Å². The number of rotatable bonds is 4. The van der Waals surface area contributed by atoms with Gasteiger partial charge < -0.3 is 26.4 Å². The molecule has 0 radical (unpaired) electrons. The number of hydrogen-bond acceptors (Lipinski definition) is 7. The Morgan fingerprint density at radius 3 is 2.00 bits per heavy atom. The molecule has 0 atom stereocenters. The molecule has 0 spiro atoms. The van der Waals surface area contributed by atoms with Crippen molar-refractivity contribution in [1.29, 1.82) is 0 Å². The van der Waals surface area contributed by atoms with E-state index in [1.165, 1.54) is 24.3 Å². The molecule has 0 fully saturated rings. The molecule has 1 aliphatic rings. The number of carbonyl (C=O) groups excluding carboxylic acids is 2. The first-order valence-corrected chi connectivity index (χ1v) is 8.96. The van der Waals surface area contributed by atoms with E-state index in [9.17, 15) is 19.8 Å². The van der Waals surface area contributed by atoms with E-state index in [0.29, 0.717) is 17.8 Å². The van der Waals surface area contributed by atoms with Gasteiger partial charge in [-0.2, -0.15) is 0 Å². The maximum absolute atomic E-state index is 13.2. The molecule has 4 rings (SSSR count). The molecule has 0 bridgehead atoms. The van der Waals surface area contributed by atoms with Gasteiger partial charge in [-0.1, -0.05) is 12.1 Å². The summed E-state index contributed by atoms with van der Waals surface area (Å²) in [6, 6.07) is 12.7. The fraction of sp³-hybridized carbons (Fsp3) is 0.0909. The molecule has 3 aromatic carbocycles. The number of aliphatic hydroxyl groups is 1. The molecule has 3 aromatic rings. The largest absolute Gasteiger partial charge is 0.507 e. The quantitative estimate of drug-likeness (QED) is 0.267. The minimum Gasteiger partial charge on any atom is -0.507 e. The Balaban J connectivity index is 1.83. The number of fused-ring (bicyclic) bond motifs is 2. The summed E-state index contributed by atoms with van der Waals surface area (Å²) in [6.07, 6.45) is 0.529. The van der Waals surface area contributed by atoms with Crippen molar-refractivity contribution in [2.24, 2.45) is 0 Å². The molecule has 0 aromatic heterocycles. The van der Waals surface area contributed by atoms with Gasteiger partial charge in [-0.15, -0.1) is 0 Å². The summed E-state index contributed by atoms with van der Waals surface area (Å²) in [6.45, 7) is 0.0442. The third-order valence-corrected chi connectivity index (χ3v) is 4.94. The van der Waals surface area contributed by atoms with Crippen LogP contribution in [0.15, 0.2) is 48.5 Å². The number of anilines is 3. The molecule has 0 amide bonds. The third-order valence-electron chi connectivity index (χ3n) is 4.94. The molecule has 0 saturated carbocycles. The Kier molecular flexibility index (Phi) is 4.44. The monoisotopic (exact) mass is 390 g/mol. The van der Waals surface area contributed by atoms with Crippen LogP contribution in [-0.4, -0.2) is 33.5 Å². The highest BCUT2D eigenvalue weighted by molar-refractivity contribution is 6.33. The molecular weight excluding hydrogens is 372 g/mol. The summed E-state index contributed by atoms with van der Waals surface area (Å²) < 4.78 is 0. The Hall–Kier alpha value is -3.84. The lowest BCUT2D eigenvalue weighted by Crippen LogP contribution is -2.24. The maximum Gasteiger partial charge on any atom is 0.202 e. The number of nitrogens with one attached hydrogen (secondary N) is 1. The van der Waals surface area contributed by atoms with E-state index >= 15 is 0 Å². The van der Waals surface area contributed by atoms with E-state index in [4.69, 9.17) is 10.8 Å². The lowest BCUT2D eigenvalue weighted by molar-refractivity contribution is 0.0975. The molecule has 0 heterocycles. The average Bonchev–Trinajstić information content (AvgIpc) is 2.70. The number of phenols is 2. The maximum atomic E-state index is 13.2. The van der Waals surface area contributed by atoms with Crippen LogP contribution in [0.5, 0.6) is 11.5 Å². The van der Waals surface area contributed by atoms with Gasteiger partial charge in [-0.25, -0.2) is 0 Å². The number of aromatic hydroxyl groups is 2. The Bertz CT molecular complexity index is 1150. The van der Waals surface area contributed by atoms with Crippen molar-refractivity contribution in [3.05, 3.63) is 76.3 Å². The molecule has 0 aliphatic heterocycles. The van der Waals surface area contributed by atoms with Gasteiger partial charge in [-0.05, 0) is 48.4 Å². The van der Waals surface area contributed by atoms with Crippen LogP contribution >= 0.6 is 0 Å². The summed E-state index contributed by atoms with van der Waals surface area (Å²) in [4.78, 5) is 26.2. The second-order valence-corrected chi connectivity index (χ2v) is 6.76. The normalized spacial score (nSPS) is 12.4. The van der Waals surface area contributed by atoms with Gasteiger partial charge in [0.1, 0.15) is 11.5 Å². The highest BCUT2D eigenvalue weighted by Crippen LogP contribution is 2.42. The standard InChI is InChI=1S/C22H18N2O5/c23-13-5-7-15(26)19-17(13)21(28)18-14(6-8-16(27)20(18)22(19)29)24-12-3-1-11(2-4-12)9-10-25/h1-8,24-27H,9-10,23H2. The lowest BCUT2D eigenvalue weighted by Gasteiger charge is -2.23. The zero-order valence-corrected chi connectivity index (χ0v) is 15.3. The summed E-state index contributed by atoms with van der Waals surface area (Å²) in [5, 5.41) is 32.5. The number of benzene rings is 3. The van der Waals surface area contributed by atoms with Crippen LogP contribution in [0.25, 0.3) is 0 Å². The molecular formula is C22H18N2O5. The fourth-order valence-corrected chi connectivity index (χ4v) is 3.53. The number of ketones is 2. The van der Waals surface area contributed by atoms with Crippen molar-refractivity contribution in [2.45, 2.75) is 6.42 Å². The molecule has 0 unspecified atom stereocenters. The van der Waals surface area contributed by atoms with Crippen molar-refractivity contribution < 1.29 is 24.9 Å². The van der Waals surface area contributed by atoms with E-state index in [2.05, 4.69) is 5.32 Å². The molecule has 29 heavy (non-hydrogen) atoms. The Morgan fingerprint density at radius 1 is 0.759 bits per heavy atom. The Morgan fingerprint density at radius 2 is 1.34 bits per heavy atom. The first-order chi connectivity index (χ1) is 13.9. The van der Waals surface area contributed by atoms with Gasteiger partial charge in [0.2, 0.25) is 5.78 Å². The van der Waals surface area contributed by atoms with Gasteiger partial charge in [0.05, 0.1) is 27.9 Å². The van der Waals surface area contributed by atoms with Crippen LogP contribution in [0.4, 0.5) is 17.1 Å². The van der Waals surface area contributed by atoms with E-state index in [0.717, 1.165) is 5.56 Å². The minimum atomic E-state index is -0.668. The number of carbonyl (C=O) groups is 2. The van der Waals surface area contributed by atoms with E-state index in [1.54, 1.807) is 12.1 Å². The number of phenolic OH excluding ortho intramolecular Hbond substituents is 2. The molecule has 7 heteroatoms. The van der Waals surface area contributed by atoms with Crippen molar-refractivity contribution >= 4 is 28.6 Å². The van der Waals surface area contributed by atoms with Crippen molar-refractivity contribution in [1.82, 2.24) is 0 Å². The summed E-state index contributed by atoms with van der Waals surface area (Å²) in [5.74, 6) is -1.94. The SMILES string of the molecule is Nc1ccc(O)c2c1C(=O)c1c(Nc3ccc(CCO)cc3)ccc(O)c1C2=O. The predicted molar refractivity (Wildman–Crippen MR) is 108 cm³/mol. The molecule has 0 saturated heterocycles. The van der Waals surface area contributed by atoms with Crippen LogP contribution < -0.4 is 11.1 Å². The molecule has 6 N–H and O–H groups in total. The van der Waals surface area contributed by atoms with Gasteiger partial charge in [0.15, 0.2) is 5.78 Å². The zero-order valence-electron chi connectivity index (χ0n) is 15.3. The topological polar surface area (TPSA) is 133 Å². The van der Waals surface area contributed by atoms with Crippen LogP contribution in [0.3, 0.4) is 0 Å². The first kappa shape index (κ1) is 18.5. The predicted octanol–water partition coefficient (Wildman–Crippen LogP) is 2.73. The zero-order chi connectivity index (χ0) is 20.7. The summed E-state index contributed by atoms with van der Waals surface area (Å²) >= 11 is 0. The number of nitrogens with two attached hydrogens (primary N) is 1. The van der Waals surface area contributed by atoms with Crippen LogP contribution in [0.2, 0.25) is 0 Å². The summed E-state index contributed by atoms with van der Waals surface area (Å²) in [5.41, 5.74) is 7.48. The minimum absolute atomic E-state index is 0.000709. The van der Waals surface area contributed by atoms with Crippen LogP contribution in [0.1, 0.15) is 37.4 Å². The highest BCUT2D eigenvalue weighted by atomic mass is 16.3. The number of aliphatic hydroxyl groups excluding tert-OH is 1. The van der Waals surface area contributed by atoms with Crippen molar-refractivity contribution in [2.75, 3.05) is 17.7 Å². The van der Waals surface area contributed by atoms with Crippen LogP contribution in [-0.2, 0) is 6.42 Å². The van der Waals surface area contributed by atoms with Gasteiger partial charge in [0, 0.05) is 18.0 Å². The van der Waals surface area contributed by atoms with Gasteiger partial charge >= 0.3 is 0 Å². The average molecular weight is 390 g/mol. The van der Waals surface area contributed by atoms with Crippen LogP contribution in [0, 0.1) is 0 Å². The van der Waals surface area contributed by atoms with Crippen molar-refractivity contribution in [3.8, 4) is 11.5 Å². The highest BCUT2D eigenvalue weighted by Gasteiger charge is 2.37. The second kappa shape index (κ2) is 6.96. The van der Waals surface area contributed by atoms with E-state index < -0.39 is 11.6 Å². The van der Waals surface area contributed by atoms with Gasteiger partial charge in [0.25, 0.3) is 0 Å². The summed E-state index contributed by atoms with van der Waals surface area (Å²) in [7, 11) is 0. The second-order valence-electron chi connectivity index (χ2n) is 6.76. The third kappa shape index (κ3) is 2.97. The smallest absolute Gasteiger partial charge is 0.202 e. The first-order valence-electron chi connectivity index (χ1n) is 8.96.